The first kappa shape index (κ1) is 20.0. The molecule has 2 fully saturated rings. The van der Waals surface area contributed by atoms with Gasteiger partial charge >= 0.3 is 5.97 Å². The van der Waals surface area contributed by atoms with Gasteiger partial charge in [0, 0.05) is 25.2 Å². The number of carboxylic acids is 1. The second-order valence-electron chi connectivity index (χ2n) is 7.51. The molecule has 6 nitrogen and oxygen atoms in total. The van der Waals surface area contributed by atoms with Crippen LogP contribution < -0.4 is 4.74 Å². The number of rotatable bonds is 6. The Balaban J connectivity index is 1.83. The van der Waals surface area contributed by atoms with Crippen LogP contribution in [0.5, 0.6) is 5.75 Å². The van der Waals surface area contributed by atoms with E-state index >= 15 is 0 Å². The molecule has 1 atom stereocenters. The van der Waals surface area contributed by atoms with E-state index in [0.717, 1.165) is 25.7 Å². The third kappa shape index (κ3) is 4.38. The Labute approximate surface area is 164 Å². The Hall–Kier alpha value is -1.79. The number of likely N-dealkylation sites (tertiary alicyclic amines) is 1. The van der Waals surface area contributed by atoms with Crippen molar-refractivity contribution in [1.82, 2.24) is 4.90 Å². The van der Waals surface area contributed by atoms with Gasteiger partial charge in [0.2, 0.25) is 0 Å². The highest BCUT2D eigenvalue weighted by atomic mass is 35.5. The highest BCUT2D eigenvalue weighted by Gasteiger charge is 2.44. The minimum absolute atomic E-state index is 0.0765. The number of carbonyl (C=O) groups is 2. The van der Waals surface area contributed by atoms with Crippen molar-refractivity contribution >= 4 is 23.5 Å². The molecule has 148 valence electrons. The van der Waals surface area contributed by atoms with E-state index in [1.54, 1.807) is 23.1 Å². The van der Waals surface area contributed by atoms with Crippen molar-refractivity contribution in [2.45, 2.75) is 44.6 Å². The fraction of sp³-hybridized carbons (Fsp3) is 0.600. The van der Waals surface area contributed by atoms with Crippen molar-refractivity contribution in [3.05, 3.63) is 28.8 Å². The molecule has 1 aliphatic heterocycles. The lowest BCUT2D eigenvalue weighted by Gasteiger charge is -2.39. The molecule has 3 rings (SSSR count). The molecule has 1 saturated heterocycles. The van der Waals surface area contributed by atoms with Crippen molar-refractivity contribution in [3.63, 3.8) is 0 Å². The third-order valence-corrected chi connectivity index (χ3v) is 5.74. The first-order valence-electron chi connectivity index (χ1n) is 9.43. The molecule has 1 aliphatic carbocycles. The van der Waals surface area contributed by atoms with Gasteiger partial charge in [-0.15, -0.1) is 0 Å². The van der Waals surface area contributed by atoms with Gasteiger partial charge in [-0.1, -0.05) is 11.6 Å². The lowest BCUT2D eigenvalue weighted by Crippen LogP contribution is -2.52. The lowest BCUT2D eigenvalue weighted by atomic mass is 9.80. The zero-order chi connectivity index (χ0) is 19.4. The molecule has 0 bridgehead atoms. The van der Waals surface area contributed by atoms with Crippen molar-refractivity contribution in [2.24, 2.45) is 5.41 Å². The van der Waals surface area contributed by atoms with Gasteiger partial charge in [0.15, 0.2) is 0 Å². The molecule has 0 aromatic heterocycles. The van der Waals surface area contributed by atoms with Crippen LogP contribution in [0.2, 0.25) is 5.02 Å². The van der Waals surface area contributed by atoms with Crippen LogP contribution in [0, 0.1) is 5.41 Å². The predicted molar refractivity (Wildman–Crippen MR) is 101 cm³/mol. The summed E-state index contributed by atoms with van der Waals surface area (Å²) >= 11 is 6.13. The number of hydrogen-bond donors (Lipinski definition) is 1. The number of methoxy groups -OCH3 is 1. The van der Waals surface area contributed by atoms with E-state index in [9.17, 15) is 14.7 Å². The number of nitrogens with zero attached hydrogens (tertiary/aromatic N) is 1. The zero-order valence-electron chi connectivity index (χ0n) is 15.6. The molecule has 0 radical (unpaired) electrons. The van der Waals surface area contributed by atoms with Gasteiger partial charge in [-0.05, 0) is 56.7 Å². The van der Waals surface area contributed by atoms with Crippen LogP contribution in [0.1, 0.15) is 48.9 Å². The fourth-order valence-corrected chi connectivity index (χ4v) is 4.24. The molecule has 1 aromatic carbocycles. The van der Waals surface area contributed by atoms with Crippen molar-refractivity contribution in [1.29, 1.82) is 0 Å². The molecular formula is C20H26ClNO5. The Morgan fingerprint density at radius 3 is 2.70 bits per heavy atom. The highest BCUT2D eigenvalue weighted by molar-refractivity contribution is 6.31. The van der Waals surface area contributed by atoms with Crippen LogP contribution in [0.25, 0.3) is 0 Å². The number of carbonyl (C=O) groups excluding carboxylic acids is 1. The van der Waals surface area contributed by atoms with Gasteiger partial charge in [-0.2, -0.15) is 0 Å². The fourth-order valence-electron chi connectivity index (χ4n) is 4.06. The van der Waals surface area contributed by atoms with Gasteiger partial charge in [0.25, 0.3) is 5.91 Å². The summed E-state index contributed by atoms with van der Waals surface area (Å²) < 4.78 is 11.2. The number of hydrogen-bond acceptors (Lipinski definition) is 4. The number of aliphatic carboxylic acids is 1. The molecule has 7 heteroatoms. The number of ether oxygens (including phenoxy) is 2. The highest BCUT2D eigenvalue weighted by Crippen LogP contribution is 2.34. The predicted octanol–water partition coefficient (Wildman–Crippen LogP) is 3.61. The minimum Gasteiger partial charge on any atom is -0.490 e. The van der Waals surface area contributed by atoms with Crippen LogP contribution in [0.4, 0.5) is 0 Å². The topological polar surface area (TPSA) is 76.1 Å². The Kier molecular flexibility index (Phi) is 6.27. The summed E-state index contributed by atoms with van der Waals surface area (Å²) in [5, 5.41) is 10.2. The maximum Gasteiger partial charge on any atom is 0.313 e. The van der Waals surface area contributed by atoms with Crippen LogP contribution in [-0.2, 0) is 9.53 Å². The summed E-state index contributed by atoms with van der Waals surface area (Å²) in [7, 11) is 1.48. The SMILES string of the molecule is COCC1(C(=O)O)CCCN(C(=O)c2cc(Cl)ccc2OC2CCCC2)C1. The summed E-state index contributed by atoms with van der Waals surface area (Å²) in [4.78, 5) is 26.7. The molecule has 1 aromatic rings. The van der Waals surface area contributed by atoms with Crippen LogP contribution in [0.15, 0.2) is 18.2 Å². The van der Waals surface area contributed by atoms with E-state index < -0.39 is 11.4 Å². The molecule has 1 heterocycles. The molecule has 0 spiro atoms. The summed E-state index contributed by atoms with van der Waals surface area (Å²) in [6.45, 7) is 0.699. The number of piperidine rings is 1. The van der Waals surface area contributed by atoms with Gasteiger partial charge in [0.1, 0.15) is 11.2 Å². The van der Waals surface area contributed by atoms with Crippen molar-refractivity contribution in [3.8, 4) is 5.75 Å². The maximum absolute atomic E-state index is 13.2. The van der Waals surface area contributed by atoms with Gasteiger partial charge in [-0.3, -0.25) is 9.59 Å². The number of benzene rings is 1. The monoisotopic (exact) mass is 395 g/mol. The van der Waals surface area contributed by atoms with E-state index in [1.165, 1.54) is 7.11 Å². The maximum atomic E-state index is 13.2. The summed E-state index contributed by atoms with van der Waals surface area (Å²) in [5.41, 5.74) is -0.679. The average molecular weight is 396 g/mol. The number of halogens is 1. The summed E-state index contributed by atoms with van der Waals surface area (Å²) in [6.07, 6.45) is 5.44. The summed E-state index contributed by atoms with van der Waals surface area (Å²) in [6, 6.07) is 5.06. The largest absolute Gasteiger partial charge is 0.490 e. The van der Waals surface area contributed by atoms with Crippen molar-refractivity contribution in [2.75, 3.05) is 26.8 Å². The van der Waals surface area contributed by atoms with E-state index in [0.29, 0.717) is 35.7 Å². The molecule has 1 saturated carbocycles. The second kappa shape index (κ2) is 8.48. The third-order valence-electron chi connectivity index (χ3n) is 5.51. The number of amides is 1. The first-order chi connectivity index (χ1) is 12.9. The molecular weight excluding hydrogens is 370 g/mol. The Morgan fingerprint density at radius 1 is 1.30 bits per heavy atom. The Bertz CT molecular complexity index is 700. The molecule has 1 unspecified atom stereocenters. The van der Waals surface area contributed by atoms with Gasteiger partial charge in [0.05, 0.1) is 18.3 Å². The molecule has 27 heavy (non-hydrogen) atoms. The smallest absolute Gasteiger partial charge is 0.313 e. The minimum atomic E-state index is -1.08. The van der Waals surface area contributed by atoms with E-state index in [1.807, 2.05) is 0 Å². The van der Waals surface area contributed by atoms with Crippen molar-refractivity contribution < 1.29 is 24.2 Å². The average Bonchev–Trinajstić information content (AvgIpc) is 3.16. The van der Waals surface area contributed by atoms with Gasteiger partial charge < -0.3 is 19.5 Å². The van der Waals surface area contributed by atoms with E-state index in [2.05, 4.69) is 0 Å². The number of carboxylic acid groups (broad SMARTS) is 1. The normalized spacial score (nSPS) is 23.4. The van der Waals surface area contributed by atoms with Gasteiger partial charge in [-0.25, -0.2) is 0 Å². The standard InChI is InChI=1S/C20H26ClNO5/c1-26-13-20(19(24)25)9-4-10-22(12-20)18(23)16-11-14(21)7-8-17(16)27-15-5-2-3-6-15/h7-8,11,15H,2-6,9-10,12-13H2,1H3,(H,24,25). The lowest BCUT2D eigenvalue weighted by molar-refractivity contribution is -0.155. The molecule has 1 amide bonds. The zero-order valence-corrected chi connectivity index (χ0v) is 16.3. The molecule has 1 N–H and O–H groups in total. The van der Waals surface area contributed by atoms with Crippen LogP contribution in [-0.4, -0.2) is 54.8 Å². The van der Waals surface area contributed by atoms with E-state index in [4.69, 9.17) is 21.1 Å². The van der Waals surface area contributed by atoms with Crippen LogP contribution in [0.3, 0.4) is 0 Å². The van der Waals surface area contributed by atoms with E-state index in [-0.39, 0.29) is 25.2 Å². The second-order valence-corrected chi connectivity index (χ2v) is 7.95. The van der Waals surface area contributed by atoms with Crippen LogP contribution >= 0.6 is 11.6 Å². The quantitative estimate of drug-likeness (QED) is 0.796. The Morgan fingerprint density at radius 2 is 2.04 bits per heavy atom. The summed E-state index contributed by atoms with van der Waals surface area (Å²) in [5.74, 6) is -0.656. The first-order valence-corrected chi connectivity index (χ1v) is 9.81. The molecule has 2 aliphatic rings.